The van der Waals surface area contributed by atoms with Crippen molar-refractivity contribution in [2.24, 2.45) is 5.73 Å². The molecule has 0 fully saturated rings. The lowest BCUT2D eigenvalue weighted by Gasteiger charge is -2.23. The quantitative estimate of drug-likeness (QED) is 0.805. The average molecular weight is 376 g/mol. The van der Waals surface area contributed by atoms with Gasteiger partial charge in [-0.2, -0.15) is 13.2 Å². The summed E-state index contributed by atoms with van der Waals surface area (Å²) < 4.78 is 37.8. The number of nitrogens with one attached hydrogen (secondary N) is 1. The van der Waals surface area contributed by atoms with Crippen molar-refractivity contribution < 1.29 is 22.8 Å². The second kappa shape index (κ2) is 7.52. The number of alkyl halides is 3. The van der Waals surface area contributed by atoms with Crippen LogP contribution in [0.5, 0.6) is 0 Å². The number of carbonyl (C=O) groups excluding carboxylic acids is 2. The van der Waals surface area contributed by atoms with Crippen molar-refractivity contribution in [3.63, 3.8) is 0 Å². The minimum atomic E-state index is -4.40. The van der Waals surface area contributed by atoms with Crippen molar-refractivity contribution in [3.8, 4) is 0 Å². The van der Waals surface area contributed by atoms with Crippen molar-refractivity contribution in [1.29, 1.82) is 0 Å². The van der Waals surface area contributed by atoms with Crippen molar-refractivity contribution in [2.75, 3.05) is 0 Å². The van der Waals surface area contributed by atoms with Gasteiger partial charge in [-0.15, -0.1) is 0 Å². The van der Waals surface area contributed by atoms with Gasteiger partial charge in [0.1, 0.15) is 0 Å². The highest BCUT2D eigenvalue weighted by atomic mass is 19.4. The molecule has 1 aliphatic rings. The molecule has 0 bridgehead atoms. The van der Waals surface area contributed by atoms with Crippen molar-refractivity contribution in [1.82, 2.24) is 5.32 Å². The van der Waals surface area contributed by atoms with Gasteiger partial charge in [-0.1, -0.05) is 18.2 Å². The van der Waals surface area contributed by atoms with E-state index in [1.807, 2.05) is 6.07 Å². The van der Waals surface area contributed by atoms with Crippen LogP contribution in [0.4, 0.5) is 13.2 Å². The van der Waals surface area contributed by atoms with E-state index in [9.17, 15) is 22.8 Å². The molecule has 0 radical (unpaired) electrons. The van der Waals surface area contributed by atoms with Crippen LogP contribution in [0.2, 0.25) is 0 Å². The molecule has 0 spiro atoms. The zero-order chi connectivity index (χ0) is 19.6. The fourth-order valence-corrected chi connectivity index (χ4v) is 3.33. The van der Waals surface area contributed by atoms with E-state index in [4.69, 9.17) is 5.73 Å². The molecular formula is C20H19F3N2O2. The van der Waals surface area contributed by atoms with Crippen molar-refractivity contribution in [3.05, 3.63) is 69.8 Å². The summed E-state index contributed by atoms with van der Waals surface area (Å²) in [5.41, 5.74) is 8.22. The molecule has 3 rings (SSSR count). The summed E-state index contributed by atoms with van der Waals surface area (Å²) >= 11 is 0. The van der Waals surface area contributed by atoms with Gasteiger partial charge >= 0.3 is 6.18 Å². The van der Waals surface area contributed by atoms with Gasteiger partial charge in [0.15, 0.2) is 6.29 Å². The Kier molecular flexibility index (Phi) is 5.32. The zero-order valence-electron chi connectivity index (χ0n) is 14.5. The second-order valence-electron chi connectivity index (χ2n) is 6.66. The summed E-state index contributed by atoms with van der Waals surface area (Å²) in [5.74, 6) is -0.435. The first-order valence-corrected chi connectivity index (χ1v) is 8.59. The predicted molar refractivity (Wildman–Crippen MR) is 94.4 cm³/mol. The Balaban J connectivity index is 1.74. The third kappa shape index (κ3) is 4.19. The summed E-state index contributed by atoms with van der Waals surface area (Å²) in [6.07, 6.45) is -1.65. The highest BCUT2D eigenvalue weighted by molar-refractivity contribution is 6.02. The van der Waals surface area contributed by atoms with Crippen molar-refractivity contribution in [2.45, 2.75) is 38.0 Å². The van der Waals surface area contributed by atoms with E-state index < -0.39 is 17.6 Å². The summed E-state index contributed by atoms with van der Waals surface area (Å²) in [6.45, 7) is 0.0667. The van der Waals surface area contributed by atoms with E-state index in [0.717, 1.165) is 29.7 Å². The predicted octanol–water partition coefficient (Wildman–Crippen LogP) is 3.26. The van der Waals surface area contributed by atoms with Crippen molar-refractivity contribution >= 4 is 12.2 Å². The molecule has 142 valence electrons. The molecule has 4 nitrogen and oxygen atoms in total. The summed E-state index contributed by atoms with van der Waals surface area (Å²) in [4.78, 5) is 24.1. The van der Waals surface area contributed by atoms with E-state index in [0.29, 0.717) is 30.3 Å². The maximum Gasteiger partial charge on any atom is 0.416 e. The molecule has 0 heterocycles. The number of aldehydes is 1. The van der Waals surface area contributed by atoms with E-state index in [-0.39, 0.29) is 18.2 Å². The van der Waals surface area contributed by atoms with E-state index >= 15 is 0 Å². The molecule has 0 aromatic heterocycles. The number of halogens is 3. The van der Waals surface area contributed by atoms with Gasteiger partial charge in [0.2, 0.25) is 0 Å². The number of rotatable bonds is 4. The van der Waals surface area contributed by atoms with E-state index in [2.05, 4.69) is 5.32 Å². The van der Waals surface area contributed by atoms with Gasteiger partial charge in [-0.25, -0.2) is 0 Å². The normalized spacial score (nSPS) is 16.5. The Bertz CT molecular complexity index is 861. The maximum atomic E-state index is 12.6. The van der Waals surface area contributed by atoms with Gasteiger partial charge in [-0.3, -0.25) is 9.59 Å². The maximum absolute atomic E-state index is 12.6. The summed E-state index contributed by atoms with van der Waals surface area (Å²) in [6, 6.07) is 8.05. The van der Waals surface area contributed by atoms with Crippen LogP contribution in [-0.2, 0) is 25.6 Å². The monoisotopic (exact) mass is 376 g/mol. The minimum Gasteiger partial charge on any atom is -0.348 e. The Morgan fingerprint density at radius 1 is 1.19 bits per heavy atom. The largest absolute Gasteiger partial charge is 0.416 e. The third-order valence-corrected chi connectivity index (χ3v) is 4.80. The standard InChI is InChI=1S/C20H19F3N2O2/c21-20(22,23)14-4-1-12(2-5-14)10-25-19(27)17-7-3-13-9-15(24)6-8-16(13)18(17)11-26/h1-5,7,11,15H,6,8-10,24H2,(H,25,27). The molecule has 0 saturated carbocycles. The van der Waals surface area contributed by atoms with Crippen LogP contribution in [0, 0.1) is 0 Å². The lowest BCUT2D eigenvalue weighted by Crippen LogP contribution is -2.30. The first kappa shape index (κ1) is 19.1. The Labute approximate surface area is 154 Å². The van der Waals surface area contributed by atoms with Crippen LogP contribution in [-0.4, -0.2) is 18.2 Å². The Hall–Kier alpha value is -2.67. The van der Waals surface area contributed by atoms with Gasteiger partial charge in [0.05, 0.1) is 11.1 Å². The number of nitrogens with two attached hydrogens (primary N) is 1. The van der Waals surface area contributed by atoms with Crippen LogP contribution in [0.15, 0.2) is 36.4 Å². The second-order valence-corrected chi connectivity index (χ2v) is 6.66. The van der Waals surface area contributed by atoms with E-state index in [1.54, 1.807) is 6.07 Å². The molecule has 27 heavy (non-hydrogen) atoms. The highest BCUT2D eigenvalue weighted by Gasteiger charge is 2.30. The van der Waals surface area contributed by atoms with Gasteiger partial charge in [0, 0.05) is 18.2 Å². The number of benzene rings is 2. The average Bonchev–Trinajstić information content (AvgIpc) is 2.64. The summed E-state index contributed by atoms with van der Waals surface area (Å²) in [5, 5.41) is 2.66. The molecular weight excluding hydrogens is 357 g/mol. The molecule has 0 aliphatic heterocycles. The lowest BCUT2D eigenvalue weighted by molar-refractivity contribution is -0.137. The van der Waals surface area contributed by atoms with Crippen LogP contribution in [0.25, 0.3) is 0 Å². The molecule has 3 N–H and O–H groups in total. The lowest BCUT2D eigenvalue weighted by atomic mass is 9.84. The number of hydrogen-bond acceptors (Lipinski definition) is 3. The highest BCUT2D eigenvalue weighted by Crippen LogP contribution is 2.29. The first-order valence-electron chi connectivity index (χ1n) is 8.59. The van der Waals surface area contributed by atoms with Crippen LogP contribution in [0.1, 0.15) is 49.4 Å². The SMILES string of the molecule is NC1CCc2c(ccc(C(=O)NCc3ccc(C(F)(F)F)cc3)c2C=O)C1. The molecule has 7 heteroatoms. The molecule has 2 aromatic carbocycles. The number of fused-ring (bicyclic) bond motifs is 1. The first-order chi connectivity index (χ1) is 12.8. The minimum absolute atomic E-state index is 0.0522. The Morgan fingerprint density at radius 3 is 2.52 bits per heavy atom. The fraction of sp³-hybridized carbons (Fsp3) is 0.300. The number of amides is 1. The zero-order valence-corrected chi connectivity index (χ0v) is 14.5. The molecule has 0 saturated heterocycles. The van der Waals surface area contributed by atoms with Crippen LogP contribution < -0.4 is 11.1 Å². The summed E-state index contributed by atoms with van der Waals surface area (Å²) in [7, 11) is 0. The Morgan fingerprint density at radius 2 is 1.89 bits per heavy atom. The number of carbonyl (C=O) groups is 2. The smallest absolute Gasteiger partial charge is 0.348 e. The molecule has 1 aliphatic carbocycles. The fourth-order valence-electron chi connectivity index (χ4n) is 3.33. The van der Waals surface area contributed by atoms with Crippen LogP contribution >= 0.6 is 0 Å². The van der Waals surface area contributed by atoms with Gasteiger partial charge < -0.3 is 11.1 Å². The topological polar surface area (TPSA) is 72.2 Å². The van der Waals surface area contributed by atoms with Crippen LogP contribution in [0.3, 0.4) is 0 Å². The molecule has 1 atom stereocenters. The van der Waals surface area contributed by atoms with E-state index in [1.165, 1.54) is 12.1 Å². The molecule has 1 unspecified atom stereocenters. The van der Waals surface area contributed by atoms with Gasteiger partial charge in [-0.05, 0) is 54.2 Å². The molecule has 1 amide bonds. The number of hydrogen-bond donors (Lipinski definition) is 2. The van der Waals surface area contributed by atoms with Gasteiger partial charge in [0.25, 0.3) is 5.91 Å². The molecule has 2 aromatic rings. The third-order valence-electron chi connectivity index (χ3n) is 4.80.